The van der Waals surface area contributed by atoms with Crippen molar-refractivity contribution in [1.82, 2.24) is 14.5 Å². The van der Waals surface area contributed by atoms with Crippen LogP contribution in [0.4, 0.5) is 5.69 Å². The number of aromatic nitrogens is 2. The maximum absolute atomic E-state index is 6.43. The van der Waals surface area contributed by atoms with E-state index in [4.69, 9.17) is 11.6 Å². The zero-order chi connectivity index (χ0) is 18.3. The molecule has 0 saturated carbocycles. The fraction of sp³-hybridized carbons (Fsp3) is 0.381. The van der Waals surface area contributed by atoms with Gasteiger partial charge >= 0.3 is 0 Å². The average molecular weight is 369 g/mol. The Morgan fingerprint density at radius 1 is 0.962 bits per heavy atom. The molecule has 136 valence electrons. The number of benzene rings is 2. The fourth-order valence-corrected chi connectivity index (χ4v) is 3.98. The molecule has 4 nitrogen and oxygen atoms in total. The average Bonchev–Trinajstić information content (AvgIpc) is 3.03. The lowest BCUT2D eigenvalue weighted by Gasteiger charge is -2.38. The zero-order valence-corrected chi connectivity index (χ0v) is 16.4. The molecule has 0 spiro atoms. The molecule has 1 fully saturated rings. The summed E-state index contributed by atoms with van der Waals surface area (Å²) in [6, 6.07) is 13.6. The molecule has 0 amide bonds. The Hall–Kier alpha value is -2.04. The van der Waals surface area contributed by atoms with Crippen molar-refractivity contribution in [3.8, 4) is 11.1 Å². The number of hydrogen-bond acceptors (Lipinski definition) is 3. The largest absolute Gasteiger partial charge is 0.369 e. The monoisotopic (exact) mass is 368 g/mol. The molecule has 1 aliphatic heterocycles. The van der Waals surface area contributed by atoms with E-state index in [-0.39, 0.29) is 0 Å². The summed E-state index contributed by atoms with van der Waals surface area (Å²) in [6.07, 6.45) is 1.81. The molecule has 0 radical (unpaired) electrons. The second-order valence-electron chi connectivity index (χ2n) is 7.34. The summed E-state index contributed by atoms with van der Waals surface area (Å²) in [5.41, 5.74) is 5.52. The Kier molecular flexibility index (Phi) is 4.63. The molecule has 26 heavy (non-hydrogen) atoms. The third kappa shape index (κ3) is 3.19. The Morgan fingerprint density at radius 2 is 1.65 bits per heavy atom. The van der Waals surface area contributed by atoms with Crippen LogP contribution in [0, 0.1) is 0 Å². The van der Waals surface area contributed by atoms with Crippen LogP contribution in [0.15, 0.2) is 42.7 Å². The molecule has 1 aliphatic rings. The van der Waals surface area contributed by atoms with E-state index in [0.29, 0.717) is 11.1 Å². The van der Waals surface area contributed by atoms with Gasteiger partial charge in [0.05, 0.1) is 16.9 Å². The third-order valence-corrected chi connectivity index (χ3v) is 5.68. The first-order valence-electron chi connectivity index (χ1n) is 9.23. The first-order chi connectivity index (χ1) is 12.5. The second-order valence-corrected chi connectivity index (χ2v) is 7.75. The Morgan fingerprint density at radius 3 is 2.31 bits per heavy atom. The van der Waals surface area contributed by atoms with Gasteiger partial charge < -0.3 is 9.47 Å². The van der Waals surface area contributed by atoms with Gasteiger partial charge in [0.1, 0.15) is 5.52 Å². The van der Waals surface area contributed by atoms with Crippen LogP contribution in [0.25, 0.3) is 22.2 Å². The van der Waals surface area contributed by atoms with Gasteiger partial charge in [-0.3, -0.25) is 4.90 Å². The van der Waals surface area contributed by atoms with Gasteiger partial charge in [0.2, 0.25) is 0 Å². The summed E-state index contributed by atoms with van der Waals surface area (Å²) in [6.45, 7) is 8.98. The molecule has 3 aromatic rings. The number of nitrogens with zero attached hydrogens (tertiary/aromatic N) is 4. The molecule has 2 aromatic carbocycles. The fourth-order valence-electron chi connectivity index (χ4n) is 3.72. The molecule has 1 aromatic heterocycles. The molecule has 0 unspecified atom stereocenters. The van der Waals surface area contributed by atoms with Crippen LogP contribution in [-0.2, 0) is 7.05 Å². The van der Waals surface area contributed by atoms with Crippen LogP contribution in [0.3, 0.4) is 0 Å². The van der Waals surface area contributed by atoms with Gasteiger partial charge in [0, 0.05) is 45.0 Å². The topological polar surface area (TPSA) is 24.3 Å². The highest BCUT2D eigenvalue weighted by molar-refractivity contribution is 6.35. The van der Waals surface area contributed by atoms with Crippen molar-refractivity contribution < 1.29 is 0 Å². The van der Waals surface area contributed by atoms with Crippen molar-refractivity contribution >= 4 is 28.3 Å². The van der Waals surface area contributed by atoms with Crippen molar-refractivity contribution in [2.45, 2.75) is 19.9 Å². The number of fused-ring (bicyclic) bond motifs is 1. The van der Waals surface area contributed by atoms with Crippen molar-refractivity contribution in [2.24, 2.45) is 7.05 Å². The maximum atomic E-state index is 6.43. The summed E-state index contributed by atoms with van der Waals surface area (Å²) < 4.78 is 2.01. The first kappa shape index (κ1) is 17.4. The predicted octanol–water partition coefficient (Wildman–Crippen LogP) is 4.42. The van der Waals surface area contributed by atoms with Crippen LogP contribution in [0.1, 0.15) is 13.8 Å². The van der Waals surface area contributed by atoms with E-state index >= 15 is 0 Å². The molecule has 0 atom stereocenters. The summed E-state index contributed by atoms with van der Waals surface area (Å²) in [4.78, 5) is 9.38. The first-order valence-corrected chi connectivity index (χ1v) is 9.61. The van der Waals surface area contributed by atoms with Crippen LogP contribution < -0.4 is 4.90 Å². The quantitative estimate of drug-likeness (QED) is 0.683. The van der Waals surface area contributed by atoms with E-state index in [1.165, 1.54) is 11.3 Å². The van der Waals surface area contributed by atoms with Crippen LogP contribution in [0.2, 0.25) is 5.02 Å². The summed E-state index contributed by atoms with van der Waals surface area (Å²) in [7, 11) is 2.00. The molecule has 0 N–H and O–H groups in total. The molecule has 0 bridgehead atoms. The van der Waals surface area contributed by atoms with Gasteiger partial charge in [-0.15, -0.1) is 0 Å². The zero-order valence-electron chi connectivity index (χ0n) is 15.6. The van der Waals surface area contributed by atoms with Crippen LogP contribution in [0.5, 0.6) is 0 Å². The minimum atomic E-state index is 0.631. The van der Waals surface area contributed by atoms with Crippen LogP contribution in [-0.4, -0.2) is 46.7 Å². The van der Waals surface area contributed by atoms with E-state index in [9.17, 15) is 0 Å². The highest BCUT2D eigenvalue weighted by atomic mass is 35.5. The van der Waals surface area contributed by atoms with E-state index in [0.717, 1.165) is 42.8 Å². The predicted molar refractivity (Wildman–Crippen MR) is 110 cm³/mol. The smallest absolute Gasteiger partial charge is 0.107 e. The van der Waals surface area contributed by atoms with Crippen LogP contribution >= 0.6 is 11.6 Å². The highest BCUT2D eigenvalue weighted by Gasteiger charge is 2.19. The van der Waals surface area contributed by atoms with E-state index in [2.05, 4.69) is 59.0 Å². The summed E-state index contributed by atoms with van der Waals surface area (Å²) in [5, 5.41) is 0.701. The Labute approximate surface area is 160 Å². The van der Waals surface area contributed by atoms with Crippen molar-refractivity contribution in [3.63, 3.8) is 0 Å². The molecular formula is C21H25ClN4. The minimum Gasteiger partial charge on any atom is -0.369 e. The summed E-state index contributed by atoms with van der Waals surface area (Å²) >= 11 is 6.43. The lowest BCUT2D eigenvalue weighted by atomic mass is 10.0. The van der Waals surface area contributed by atoms with E-state index < -0.39 is 0 Å². The minimum absolute atomic E-state index is 0.631. The molecule has 4 rings (SSSR count). The Bertz CT molecular complexity index is 906. The normalized spacial score (nSPS) is 16.0. The lowest BCUT2D eigenvalue weighted by Crippen LogP contribution is -2.48. The maximum Gasteiger partial charge on any atom is 0.107 e. The third-order valence-electron chi connectivity index (χ3n) is 5.39. The molecular weight excluding hydrogens is 344 g/mol. The number of piperazine rings is 1. The number of imidazole rings is 1. The van der Waals surface area contributed by atoms with Gasteiger partial charge in [0.15, 0.2) is 0 Å². The lowest BCUT2D eigenvalue weighted by molar-refractivity contribution is 0.209. The van der Waals surface area contributed by atoms with Gasteiger partial charge in [-0.2, -0.15) is 0 Å². The van der Waals surface area contributed by atoms with E-state index in [1.807, 2.05) is 17.7 Å². The molecule has 5 heteroatoms. The van der Waals surface area contributed by atoms with Crippen molar-refractivity contribution in [3.05, 3.63) is 47.7 Å². The highest BCUT2D eigenvalue weighted by Crippen LogP contribution is 2.31. The number of rotatable bonds is 3. The molecule has 1 saturated heterocycles. The second kappa shape index (κ2) is 6.93. The standard InChI is InChI=1S/C21H25ClN4/c1-15(2)25-8-10-26(11-9-25)18-6-4-16(5-7-18)17-12-19(22)21-20(13-17)24(3)14-23-21/h4-7,12-15H,8-11H2,1-3H3. The van der Waals surface area contributed by atoms with Gasteiger partial charge in [-0.25, -0.2) is 4.98 Å². The molecule has 0 aliphatic carbocycles. The number of anilines is 1. The van der Waals surface area contributed by atoms with Crippen molar-refractivity contribution in [2.75, 3.05) is 31.1 Å². The van der Waals surface area contributed by atoms with E-state index in [1.54, 1.807) is 6.33 Å². The van der Waals surface area contributed by atoms with Gasteiger partial charge in [-0.1, -0.05) is 23.7 Å². The van der Waals surface area contributed by atoms with Crippen molar-refractivity contribution in [1.29, 1.82) is 0 Å². The van der Waals surface area contributed by atoms with Gasteiger partial charge in [0.25, 0.3) is 0 Å². The number of hydrogen-bond donors (Lipinski definition) is 0. The number of halogens is 1. The SMILES string of the molecule is CC(C)N1CCN(c2ccc(-c3cc(Cl)c4ncn(C)c4c3)cc2)CC1. The van der Waals surface area contributed by atoms with Gasteiger partial charge in [-0.05, 0) is 49.2 Å². The Balaban J connectivity index is 1.56. The summed E-state index contributed by atoms with van der Waals surface area (Å²) in [5.74, 6) is 0. The number of aryl methyl sites for hydroxylation is 1. The molecule has 2 heterocycles.